The van der Waals surface area contributed by atoms with Crippen LogP contribution in [-0.2, 0) is 30.3 Å². The Hall–Kier alpha value is -2.90. The maximum absolute atomic E-state index is 13.4. The molecule has 0 aliphatic carbocycles. The van der Waals surface area contributed by atoms with Gasteiger partial charge >= 0.3 is 5.97 Å². The van der Waals surface area contributed by atoms with Gasteiger partial charge in [0.2, 0.25) is 17.7 Å². The van der Waals surface area contributed by atoms with Crippen molar-refractivity contribution in [3.63, 3.8) is 0 Å². The van der Waals surface area contributed by atoms with Crippen LogP contribution in [0.4, 0.5) is 0 Å². The fourth-order valence-corrected chi connectivity index (χ4v) is 4.69. The molecule has 0 bridgehead atoms. The Bertz CT molecular complexity index is 918. The van der Waals surface area contributed by atoms with Gasteiger partial charge in [0, 0.05) is 6.42 Å². The van der Waals surface area contributed by atoms with E-state index in [0.717, 1.165) is 37.7 Å². The monoisotopic (exact) mass is 529 g/mol. The van der Waals surface area contributed by atoms with Gasteiger partial charge in [0.05, 0.1) is 6.42 Å². The van der Waals surface area contributed by atoms with E-state index >= 15 is 0 Å². The van der Waals surface area contributed by atoms with Gasteiger partial charge in [0.15, 0.2) is 0 Å². The summed E-state index contributed by atoms with van der Waals surface area (Å²) >= 11 is 0. The summed E-state index contributed by atoms with van der Waals surface area (Å²) < 4.78 is 5.93. The van der Waals surface area contributed by atoms with E-state index in [0.29, 0.717) is 0 Å². The Kier molecular flexibility index (Phi) is 12.8. The van der Waals surface area contributed by atoms with Crippen LogP contribution < -0.4 is 16.0 Å². The van der Waals surface area contributed by atoms with Crippen LogP contribution in [0.1, 0.15) is 85.6 Å². The Labute approximate surface area is 228 Å². The Morgan fingerprint density at radius 1 is 0.816 bits per heavy atom. The van der Waals surface area contributed by atoms with Gasteiger partial charge in [-0.3, -0.25) is 14.4 Å². The molecule has 1 fully saturated rings. The van der Waals surface area contributed by atoms with Crippen molar-refractivity contribution in [2.24, 2.45) is 17.8 Å². The van der Waals surface area contributed by atoms with Gasteiger partial charge < -0.3 is 20.7 Å². The molecule has 0 radical (unpaired) electrons. The molecule has 5 atom stereocenters. The number of rotatable bonds is 10. The minimum absolute atomic E-state index is 0.0500. The van der Waals surface area contributed by atoms with Crippen molar-refractivity contribution in [3.8, 4) is 0 Å². The normalized spacial score (nSPS) is 24.4. The maximum atomic E-state index is 13.4. The second-order valence-electron chi connectivity index (χ2n) is 11.3. The summed E-state index contributed by atoms with van der Waals surface area (Å²) in [5, 5.41) is 8.51. The van der Waals surface area contributed by atoms with Crippen LogP contribution in [0.25, 0.3) is 0 Å². The Morgan fingerprint density at radius 3 is 2.05 bits per heavy atom. The lowest BCUT2D eigenvalue weighted by molar-refractivity contribution is -0.158. The minimum atomic E-state index is -0.889. The number of carbonyl (C=O) groups excluding carboxylic acids is 4. The molecule has 1 aromatic rings. The molecular weight excluding hydrogens is 482 g/mol. The van der Waals surface area contributed by atoms with Gasteiger partial charge in [-0.15, -0.1) is 0 Å². The molecule has 3 unspecified atom stereocenters. The minimum Gasteiger partial charge on any atom is -0.460 e. The number of hydrogen-bond acceptors (Lipinski definition) is 5. The van der Waals surface area contributed by atoms with Crippen LogP contribution in [0.5, 0.6) is 0 Å². The van der Waals surface area contributed by atoms with Crippen molar-refractivity contribution in [1.82, 2.24) is 16.0 Å². The highest BCUT2D eigenvalue weighted by Crippen LogP contribution is 2.21. The van der Waals surface area contributed by atoms with Crippen molar-refractivity contribution in [2.45, 2.75) is 111 Å². The third-order valence-corrected chi connectivity index (χ3v) is 7.20. The molecule has 3 amide bonds. The molecule has 8 heteroatoms. The van der Waals surface area contributed by atoms with E-state index < -0.39 is 42.0 Å². The second kappa shape index (κ2) is 15.5. The molecule has 38 heavy (non-hydrogen) atoms. The van der Waals surface area contributed by atoms with Crippen LogP contribution in [0, 0.1) is 17.8 Å². The number of benzene rings is 1. The smallest absolute Gasteiger partial charge is 0.329 e. The molecule has 1 saturated heterocycles. The molecule has 1 aliphatic heterocycles. The lowest BCUT2D eigenvalue weighted by Crippen LogP contribution is -2.58. The summed E-state index contributed by atoms with van der Waals surface area (Å²) in [6.45, 7) is 11.5. The molecule has 2 rings (SSSR count). The third kappa shape index (κ3) is 9.76. The number of amides is 3. The number of ether oxygens (including phenoxy) is 1. The van der Waals surface area contributed by atoms with E-state index in [9.17, 15) is 19.2 Å². The van der Waals surface area contributed by atoms with E-state index in [-0.39, 0.29) is 36.5 Å². The summed E-state index contributed by atoms with van der Waals surface area (Å²) in [6.07, 6.45) is 4.68. The highest BCUT2D eigenvalue weighted by molar-refractivity contribution is 5.94. The van der Waals surface area contributed by atoms with Crippen LogP contribution in [0.2, 0.25) is 0 Å². The van der Waals surface area contributed by atoms with Crippen LogP contribution in [0.3, 0.4) is 0 Å². The predicted molar refractivity (Wildman–Crippen MR) is 148 cm³/mol. The van der Waals surface area contributed by atoms with Gasteiger partial charge in [0.1, 0.15) is 24.2 Å². The Balaban J connectivity index is 2.39. The number of cyclic esters (lactones) is 1. The second-order valence-corrected chi connectivity index (χ2v) is 11.3. The third-order valence-electron chi connectivity index (χ3n) is 7.20. The first-order valence-corrected chi connectivity index (χ1v) is 14.2. The molecule has 1 aromatic carbocycles. The van der Waals surface area contributed by atoms with E-state index in [1.165, 1.54) is 0 Å². The summed E-state index contributed by atoms with van der Waals surface area (Å²) in [7, 11) is 0. The lowest BCUT2D eigenvalue weighted by atomic mass is 9.94. The summed E-state index contributed by atoms with van der Waals surface area (Å²) in [5.41, 5.74) is 0.884. The van der Waals surface area contributed by atoms with Crippen molar-refractivity contribution >= 4 is 23.7 Å². The molecule has 0 aromatic heterocycles. The average molecular weight is 530 g/mol. The number of nitrogens with one attached hydrogen (secondary N) is 3. The van der Waals surface area contributed by atoms with Crippen molar-refractivity contribution in [2.75, 3.05) is 0 Å². The quantitative estimate of drug-likeness (QED) is 0.314. The number of carbonyl (C=O) groups is 4. The maximum Gasteiger partial charge on any atom is 0.329 e. The zero-order valence-electron chi connectivity index (χ0n) is 23.9. The molecule has 3 N–H and O–H groups in total. The Morgan fingerprint density at radius 2 is 1.45 bits per heavy atom. The standard InChI is InChI=1S/C30H47N3O5/c1-7-8-9-11-14-21(6)24-18-25(34)31-23(17-22-15-12-10-13-16-22)28(35)32-26(19(2)3)29(36)33-27(20(4)5)30(37)38-24/h10,12-13,15-16,19-21,23-24,26-27H,7-9,11,14,17-18H2,1-6H3,(H,31,34)(H,32,35)(H,33,36)/t21?,23-,24?,26-,27?/m0/s1. The molecule has 0 spiro atoms. The van der Waals surface area contributed by atoms with Crippen molar-refractivity contribution in [3.05, 3.63) is 35.9 Å². The van der Waals surface area contributed by atoms with Crippen molar-refractivity contribution in [1.29, 1.82) is 0 Å². The highest BCUT2D eigenvalue weighted by atomic mass is 16.5. The van der Waals surface area contributed by atoms with E-state index in [4.69, 9.17) is 4.74 Å². The van der Waals surface area contributed by atoms with E-state index in [2.05, 4.69) is 22.9 Å². The lowest BCUT2D eigenvalue weighted by Gasteiger charge is -2.29. The van der Waals surface area contributed by atoms with E-state index in [1.54, 1.807) is 0 Å². The van der Waals surface area contributed by atoms with Crippen molar-refractivity contribution < 1.29 is 23.9 Å². The SMILES string of the molecule is CCCCCCC(C)C1CC(=O)N[C@@H](Cc2ccccc2)C(=O)N[C@@H](C(C)C)C(=O)NC(C(C)C)C(=O)O1. The zero-order chi connectivity index (χ0) is 28.2. The zero-order valence-corrected chi connectivity index (χ0v) is 23.9. The molecular formula is C30H47N3O5. The molecule has 8 nitrogen and oxygen atoms in total. The van der Waals surface area contributed by atoms with Gasteiger partial charge in [-0.2, -0.15) is 0 Å². The highest BCUT2D eigenvalue weighted by Gasteiger charge is 2.36. The average Bonchev–Trinajstić information content (AvgIpc) is 2.87. The van der Waals surface area contributed by atoms with Crippen LogP contribution in [-0.4, -0.2) is 47.9 Å². The molecule has 0 saturated carbocycles. The molecule has 1 heterocycles. The van der Waals surface area contributed by atoms with Gasteiger partial charge in [-0.05, 0) is 29.7 Å². The fourth-order valence-electron chi connectivity index (χ4n) is 4.69. The largest absolute Gasteiger partial charge is 0.460 e. The summed E-state index contributed by atoms with van der Waals surface area (Å²) in [4.78, 5) is 53.3. The first kappa shape index (κ1) is 31.3. The molecule has 1 aliphatic rings. The summed E-state index contributed by atoms with van der Waals surface area (Å²) in [6, 6.07) is 6.78. The number of unbranched alkanes of at least 4 members (excludes halogenated alkanes) is 3. The first-order valence-electron chi connectivity index (χ1n) is 14.2. The summed E-state index contributed by atoms with van der Waals surface area (Å²) in [5.74, 6) is -2.33. The fraction of sp³-hybridized carbons (Fsp3) is 0.667. The number of hydrogen-bond donors (Lipinski definition) is 3. The van der Waals surface area contributed by atoms with Crippen LogP contribution in [0.15, 0.2) is 30.3 Å². The van der Waals surface area contributed by atoms with Gasteiger partial charge in [-0.25, -0.2) is 4.79 Å². The first-order chi connectivity index (χ1) is 18.0. The van der Waals surface area contributed by atoms with Gasteiger partial charge in [0.25, 0.3) is 0 Å². The number of esters is 1. The molecule has 212 valence electrons. The van der Waals surface area contributed by atoms with E-state index in [1.807, 2.05) is 65.0 Å². The van der Waals surface area contributed by atoms with Crippen LogP contribution >= 0.6 is 0 Å². The predicted octanol–water partition coefficient (Wildman–Crippen LogP) is 3.92. The topological polar surface area (TPSA) is 114 Å². The van der Waals surface area contributed by atoms with Gasteiger partial charge in [-0.1, -0.05) is 97.6 Å².